The van der Waals surface area contributed by atoms with Gasteiger partial charge in [0.2, 0.25) is 0 Å². The van der Waals surface area contributed by atoms with E-state index in [2.05, 4.69) is 38.0 Å². The Labute approximate surface area is 120 Å². The smallest absolute Gasteiger partial charge is 0.153 e. The molecule has 1 rings (SSSR count). The Morgan fingerprint density at radius 1 is 1.26 bits per heavy atom. The van der Waals surface area contributed by atoms with Gasteiger partial charge in [0.15, 0.2) is 9.84 Å². The Bertz CT molecular complexity index is 505. The molecule has 0 aliphatic carbocycles. The molecule has 0 radical (unpaired) electrons. The summed E-state index contributed by atoms with van der Waals surface area (Å²) in [5.74, 6) is 0.966. The Morgan fingerprint density at radius 2 is 1.89 bits per heavy atom. The van der Waals surface area contributed by atoms with Crippen molar-refractivity contribution in [1.29, 1.82) is 0 Å². The van der Waals surface area contributed by atoms with Crippen molar-refractivity contribution in [1.82, 2.24) is 10.3 Å². The van der Waals surface area contributed by atoms with E-state index in [-0.39, 0.29) is 5.75 Å². The molecule has 0 atom stereocenters. The van der Waals surface area contributed by atoms with Crippen LogP contribution in [0.1, 0.15) is 49.2 Å². The lowest BCUT2D eigenvalue weighted by atomic mass is 10.1. The zero-order valence-electron chi connectivity index (χ0n) is 12.4. The lowest BCUT2D eigenvalue weighted by molar-refractivity contribution is 0.552. The van der Waals surface area contributed by atoms with Crippen LogP contribution < -0.4 is 5.32 Å². The maximum absolute atomic E-state index is 11.3. The normalized spacial score (nSPS) is 12.6. The van der Waals surface area contributed by atoms with Crippen LogP contribution in [0.5, 0.6) is 0 Å². The average molecular weight is 304 g/mol. The molecule has 0 aromatic carbocycles. The van der Waals surface area contributed by atoms with E-state index in [0.29, 0.717) is 16.8 Å². The molecule has 19 heavy (non-hydrogen) atoms. The molecule has 0 saturated heterocycles. The van der Waals surface area contributed by atoms with Gasteiger partial charge in [0.05, 0.1) is 5.69 Å². The highest BCUT2D eigenvalue weighted by Gasteiger charge is 2.16. The summed E-state index contributed by atoms with van der Waals surface area (Å²) in [5, 5.41) is 4.09. The molecule has 0 amide bonds. The largest absolute Gasteiger partial charge is 0.312 e. The van der Waals surface area contributed by atoms with Gasteiger partial charge in [0.25, 0.3) is 0 Å². The molecule has 0 aliphatic heterocycles. The standard InChI is InChI=1S/C13H24N2O2S2/c1-9(2)6-14-7-11-13(10(3)4)15-12(18-11)8-19(5,16)17/h9-10,14H,6-8H2,1-5H3. The van der Waals surface area contributed by atoms with Crippen molar-refractivity contribution in [3.8, 4) is 0 Å². The van der Waals surface area contributed by atoms with Crippen LogP contribution in [0.3, 0.4) is 0 Å². The summed E-state index contributed by atoms with van der Waals surface area (Å²) in [6.07, 6.45) is 1.25. The van der Waals surface area contributed by atoms with E-state index in [4.69, 9.17) is 0 Å². The van der Waals surface area contributed by atoms with Crippen LogP contribution >= 0.6 is 11.3 Å². The number of hydrogen-bond donors (Lipinski definition) is 1. The summed E-state index contributed by atoms with van der Waals surface area (Å²) in [4.78, 5) is 5.65. The number of thiazole rings is 1. The van der Waals surface area contributed by atoms with Crippen LogP contribution in [0.15, 0.2) is 0 Å². The molecule has 4 nitrogen and oxygen atoms in total. The van der Waals surface area contributed by atoms with Gasteiger partial charge in [-0.15, -0.1) is 11.3 Å². The fourth-order valence-electron chi connectivity index (χ4n) is 1.75. The summed E-state index contributed by atoms with van der Waals surface area (Å²) in [6.45, 7) is 10.2. The van der Waals surface area contributed by atoms with E-state index in [1.54, 1.807) is 0 Å². The van der Waals surface area contributed by atoms with Gasteiger partial charge in [-0.1, -0.05) is 27.7 Å². The fourth-order valence-corrected chi connectivity index (χ4v) is 4.13. The molecule has 1 heterocycles. The first kappa shape index (κ1) is 16.6. The van der Waals surface area contributed by atoms with Gasteiger partial charge in [0, 0.05) is 17.7 Å². The molecule has 110 valence electrons. The van der Waals surface area contributed by atoms with Crippen molar-refractivity contribution >= 4 is 21.2 Å². The van der Waals surface area contributed by atoms with Crippen molar-refractivity contribution in [3.63, 3.8) is 0 Å². The third kappa shape index (κ3) is 6.01. The average Bonchev–Trinajstić information content (AvgIpc) is 2.57. The summed E-state index contributed by atoms with van der Waals surface area (Å²) in [5.41, 5.74) is 1.03. The third-order valence-corrected chi connectivity index (χ3v) is 4.59. The van der Waals surface area contributed by atoms with Crippen molar-refractivity contribution in [3.05, 3.63) is 15.6 Å². The number of nitrogens with zero attached hydrogens (tertiary/aromatic N) is 1. The van der Waals surface area contributed by atoms with Gasteiger partial charge >= 0.3 is 0 Å². The minimum atomic E-state index is -3.01. The van der Waals surface area contributed by atoms with Gasteiger partial charge in [0.1, 0.15) is 10.8 Å². The van der Waals surface area contributed by atoms with Gasteiger partial charge in [-0.2, -0.15) is 0 Å². The molecule has 1 N–H and O–H groups in total. The van der Waals surface area contributed by atoms with Crippen molar-refractivity contribution in [2.45, 2.75) is 45.9 Å². The van der Waals surface area contributed by atoms with E-state index in [0.717, 1.165) is 23.7 Å². The molecule has 0 unspecified atom stereocenters. The zero-order valence-corrected chi connectivity index (χ0v) is 14.0. The summed E-state index contributed by atoms with van der Waals surface area (Å²) in [7, 11) is -3.01. The zero-order chi connectivity index (χ0) is 14.6. The van der Waals surface area contributed by atoms with Gasteiger partial charge in [-0.05, 0) is 18.4 Å². The molecule has 1 aromatic rings. The van der Waals surface area contributed by atoms with Crippen LogP contribution in [-0.4, -0.2) is 26.2 Å². The van der Waals surface area contributed by atoms with Gasteiger partial charge in [-0.25, -0.2) is 13.4 Å². The van der Waals surface area contributed by atoms with Crippen molar-refractivity contribution in [2.24, 2.45) is 5.92 Å². The fraction of sp³-hybridized carbons (Fsp3) is 0.769. The summed E-state index contributed by atoms with van der Waals surface area (Å²) >= 11 is 1.51. The highest BCUT2D eigenvalue weighted by atomic mass is 32.2. The Balaban J connectivity index is 2.83. The minimum Gasteiger partial charge on any atom is -0.312 e. The van der Waals surface area contributed by atoms with E-state index < -0.39 is 9.84 Å². The lowest BCUT2D eigenvalue weighted by Crippen LogP contribution is -2.19. The van der Waals surface area contributed by atoms with Crippen molar-refractivity contribution in [2.75, 3.05) is 12.8 Å². The number of rotatable bonds is 7. The van der Waals surface area contributed by atoms with E-state index in [1.165, 1.54) is 17.6 Å². The summed E-state index contributed by atoms with van der Waals surface area (Å²) < 4.78 is 22.7. The summed E-state index contributed by atoms with van der Waals surface area (Å²) in [6, 6.07) is 0. The maximum Gasteiger partial charge on any atom is 0.153 e. The molecule has 1 aromatic heterocycles. The molecule has 0 bridgehead atoms. The Morgan fingerprint density at radius 3 is 2.37 bits per heavy atom. The van der Waals surface area contributed by atoms with E-state index >= 15 is 0 Å². The molecule has 6 heteroatoms. The SMILES string of the molecule is CC(C)CNCc1sc(CS(C)(=O)=O)nc1C(C)C. The highest BCUT2D eigenvalue weighted by Crippen LogP contribution is 2.26. The number of nitrogens with one attached hydrogen (secondary N) is 1. The Hall–Kier alpha value is -0.460. The molecular formula is C13H24N2O2S2. The number of hydrogen-bond acceptors (Lipinski definition) is 5. The molecular weight excluding hydrogens is 280 g/mol. The number of aromatic nitrogens is 1. The van der Waals surface area contributed by atoms with Gasteiger partial charge in [-0.3, -0.25) is 0 Å². The second-order valence-electron chi connectivity index (χ2n) is 5.67. The highest BCUT2D eigenvalue weighted by molar-refractivity contribution is 7.90. The maximum atomic E-state index is 11.3. The quantitative estimate of drug-likeness (QED) is 0.841. The van der Waals surface area contributed by atoms with Crippen LogP contribution in [0.4, 0.5) is 0 Å². The van der Waals surface area contributed by atoms with Crippen LogP contribution in [-0.2, 0) is 22.1 Å². The predicted molar refractivity (Wildman–Crippen MR) is 81.3 cm³/mol. The topological polar surface area (TPSA) is 59.1 Å². The van der Waals surface area contributed by atoms with E-state index in [9.17, 15) is 8.42 Å². The third-order valence-electron chi connectivity index (χ3n) is 2.54. The second kappa shape index (κ2) is 6.81. The molecule has 0 aliphatic rings. The van der Waals surface area contributed by atoms with Crippen LogP contribution in [0, 0.1) is 5.92 Å². The molecule has 0 fully saturated rings. The van der Waals surface area contributed by atoms with E-state index in [1.807, 2.05) is 0 Å². The Kier molecular flexibility index (Phi) is 5.95. The van der Waals surface area contributed by atoms with Crippen LogP contribution in [0.25, 0.3) is 0 Å². The first-order valence-electron chi connectivity index (χ1n) is 6.56. The predicted octanol–water partition coefficient (Wildman–Crippen LogP) is 2.56. The lowest BCUT2D eigenvalue weighted by Gasteiger charge is -2.08. The number of sulfone groups is 1. The molecule has 0 saturated carbocycles. The van der Waals surface area contributed by atoms with Crippen LogP contribution in [0.2, 0.25) is 0 Å². The first-order chi connectivity index (χ1) is 8.69. The van der Waals surface area contributed by atoms with Gasteiger partial charge < -0.3 is 5.32 Å². The monoisotopic (exact) mass is 304 g/mol. The van der Waals surface area contributed by atoms with Crippen molar-refractivity contribution < 1.29 is 8.42 Å². The minimum absolute atomic E-state index is 0.0432. The molecule has 0 spiro atoms. The first-order valence-corrected chi connectivity index (χ1v) is 9.43. The second-order valence-corrected chi connectivity index (χ2v) is 8.97.